The average Bonchev–Trinajstić information content (AvgIpc) is 3.00. The van der Waals surface area contributed by atoms with Crippen molar-refractivity contribution in [2.24, 2.45) is 5.73 Å². The van der Waals surface area contributed by atoms with Gasteiger partial charge < -0.3 is 15.0 Å². The summed E-state index contributed by atoms with van der Waals surface area (Å²) in [7, 11) is 1.69. The van der Waals surface area contributed by atoms with E-state index in [9.17, 15) is 0 Å². The van der Waals surface area contributed by atoms with Gasteiger partial charge >= 0.3 is 0 Å². The van der Waals surface area contributed by atoms with Crippen molar-refractivity contribution in [3.8, 4) is 0 Å². The second kappa shape index (κ2) is 6.12. The number of nitrogens with zero attached hydrogens (tertiary/aromatic N) is 2. The van der Waals surface area contributed by atoms with Crippen LogP contribution < -0.4 is 5.73 Å². The van der Waals surface area contributed by atoms with Crippen molar-refractivity contribution in [2.75, 3.05) is 13.7 Å². The number of methoxy groups -OCH3 is 1. The molecule has 0 spiro atoms. The van der Waals surface area contributed by atoms with Crippen LogP contribution in [0.1, 0.15) is 62.2 Å². The van der Waals surface area contributed by atoms with Crippen molar-refractivity contribution >= 4 is 0 Å². The molecule has 1 saturated carbocycles. The summed E-state index contributed by atoms with van der Waals surface area (Å²) in [5.74, 6) is 1.90. The Morgan fingerprint density at radius 2 is 2.24 bits per heavy atom. The third kappa shape index (κ3) is 3.26. The predicted molar refractivity (Wildman–Crippen MR) is 63.5 cm³/mol. The Morgan fingerprint density at radius 3 is 2.94 bits per heavy atom. The van der Waals surface area contributed by atoms with Gasteiger partial charge in [0.05, 0.1) is 6.04 Å². The molecule has 96 valence electrons. The van der Waals surface area contributed by atoms with Crippen LogP contribution in [0.25, 0.3) is 0 Å². The molecule has 1 aromatic heterocycles. The van der Waals surface area contributed by atoms with Gasteiger partial charge in [0.2, 0.25) is 5.89 Å². The van der Waals surface area contributed by atoms with Crippen molar-refractivity contribution in [1.82, 2.24) is 10.1 Å². The average molecular weight is 239 g/mol. The molecule has 1 aromatic rings. The maximum absolute atomic E-state index is 6.00. The van der Waals surface area contributed by atoms with Gasteiger partial charge in [-0.2, -0.15) is 4.98 Å². The fraction of sp³-hybridized carbons (Fsp3) is 0.833. The molecule has 17 heavy (non-hydrogen) atoms. The van der Waals surface area contributed by atoms with Crippen molar-refractivity contribution in [2.45, 2.75) is 50.5 Å². The van der Waals surface area contributed by atoms with Crippen LogP contribution >= 0.6 is 0 Å². The SMILES string of the molecule is COCCCC(N)c1nc(C2CCCC2)no1. The number of ether oxygens (including phenoxy) is 1. The van der Waals surface area contributed by atoms with E-state index in [2.05, 4.69) is 10.1 Å². The molecule has 0 radical (unpaired) electrons. The Morgan fingerprint density at radius 1 is 1.47 bits per heavy atom. The molecule has 0 saturated heterocycles. The molecule has 0 aliphatic heterocycles. The quantitative estimate of drug-likeness (QED) is 0.770. The van der Waals surface area contributed by atoms with Gasteiger partial charge in [0.1, 0.15) is 0 Å². The molecule has 1 aliphatic carbocycles. The largest absolute Gasteiger partial charge is 0.385 e. The van der Waals surface area contributed by atoms with Crippen LogP contribution in [0.2, 0.25) is 0 Å². The number of hydrogen-bond donors (Lipinski definition) is 1. The first kappa shape index (κ1) is 12.5. The van der Waals surface area contributed by atoms with Crippen LogP contribution in [0.3, 0.4) is 0 Å². The van der Waals surface area contributed by atoms with Crippen LogP contribution in [-0.4, -0.2) is 23.9 Å². The summed E-state index contributed by atoms with van der Waals surface area (Å²) < 4.78 is 10.2. The second-order valence-electron chi connectivity index (χ2n) is 4.71. The van der Waals surface area contributed by atoms with Crippen molar-refractivity contribution in [3.63, 3.8) is 0 Å². The molecule has 2 rings (SSSR count). The van der Waals surface area contributed by atoms with E-state index in [0.717, 1.165) is 25.3 Å². The van der Waals surface area contributed by atoms with Crippen LogP contribution in [0.5, 0.6) is 0 Å². The molecule has 1 heterocycles. The molecule has 5 heteroatoms. The highest BCUT2D eigenvalue weighted by atomic mass is 16.5. The van der Waals surface area contributed by atoms with Gasteiger partial charge in [-0.05, 0) is 25.7 Å². The van der Waals surface area contributed by atoms with Crippen LogP contribution in [0.4, 0.5) is 0 Å². The van der Waals surface area contributed by atoms with E-state index < -0.39 is 0 Å². The van der Waals surface area contributed by atoms with E-state index in [1.807, 2.05) is 0 Å². The predicted octanol–water partition coefficient (Wildman–Crippen LogP) is 2.15. The van der Waals surface area contributed by atoms with Gasteiger partial charge in [0.15, 0.2) is 5.82 Å². The van der Waals surface area contributed by atoms with Gasteiger partial charge in [0.25, 0.3) is 0 Å². The Kier molecular flexibility index (Phi) is 4.50. The molecule has 0 aromatic carbocycles. The Hall–Kier alpha value is -0.940. The lowest BCUT2D eigenvalue weighted by molar-refractivity contribution is 0.188. The van der Waals surface area contributed by atoms with E-state index in [1.54, 1.807) is 7.11 Å². The molecule has 1 aliphatic rings. The lowest BCUT2D eigenvalue weighted by Crippen LogP contribution is -2.11. The van der Waals surface area contributed by atoms with Crippen molar-refractivity contribution in [3.05, 3.63) is 11.7 Å². The van der Waals surface area contributed by atoms with Gasteiger partial charge in [-0.3, -0.25) is 0 Å². The molecule has 5 nitrogen and oxygen atoms in total. The zero-order chi connectivity index (χ0) is 12.1. The van der Waals surface area contributed by atoms with E-state index >= 15 is 0 Å². The van der Waals surface area contributed by atoms with E-state index in [4.69, 9.17) is 15.0 Å². The Balaban J connectivity index is 1.88. The number of hydrogen-bond acceptors (Lipinski definition) is 5. The van der Waals surface area contributed by atoms with Crippen molar-refractivity contribution < 1.29 is 9.26 Å². The Bertz CT molecular complexity index is 334. The third-order valence-electron chi connectivity index (χ3n) is 3.36. The summed E-state index contributed by atoms with van der Waals surface area (Å²) >= 11 is 0. The number of nitrogens with two attached hydrogens (primary N) is 1. The number of rotatable bonds is 6. The third-order valence-corrected chi connectivity index (χ3v) is 3.36. The summed E-state index contributed by atoms with van der Waals surface area (Å²) in [4.78, 5) is 4.43. The highest BCUT2D eigenvalue weighted by Gasteiger charge is 2.23. The van der Waals surface area contributed by atoms with Gasteiger partial charge in [-0.15, -0.1) is 0 Å². The Labute approximate surface area is 102 Å². The topological polar surface area (TPSA) is 74.2 Å². The van der Waals surface area contributed by atoms with Crippen LogP contribution in [-0.2, 0) is 4.74 Å². The summed E-state index contributed by atoms with van der Waals surface area (Å²) in [6.07, 6.45) is 6.64. The van der Waals surface area contributed by atoms with E-state index in [0.29, 0.717) is 11.8 Å². The molecule has 0 bridgehead atoms. The molecular weight excluding hydrogens is 218 g/mol. The van der Waals surface area contributed by atoms with Crippen LogP contribution in [0.15, 0.2) is 4.52 Å². The normalized spacial score (nSPS) is 18.7. The summed E-state index contributed by atoms with van der Waals surface area (Å²) in [6.45, 7) is 0.720. The van der Waals surface area contributed by atoms with Gasteiger partial charge in [-0.25, -0.2) is 0 Å². The summed E-state index contributed by atoms with van der Waals surface area (Å²) in [5, 5.41) is 4.05. The lowest BCUT2D eigenvalue weighted by Gasteiger charge is -2.05. The minimum absolute atomic E-state index is 0.159. The maximum Gasteiger partial charge on any atom is 0.243 e. The fourth-order valence-corrected chi connectivity index (χ4v) is 2.32. The number of aromatic nitrogens is 2. The molecule has 1 atom stereocenters. The molecular formula is C12H21N3O2. The highest BCUT2D eigenvalue weighted by Crippen LogP contribution is 2.32. The summed E-state index contributed by atoms with van der Waals surface area (Å²) in [5.41, 5.74) is 6.00. The van der Waals surface area contributed by atoms with Gasteiger partial charge in [-0.1, -0.05) is 18.0 Å². The van der Waals surface area contributed by atoms with E-state index in [-0.39, 0.29) is 6.04 Å². The molecule has 1 unspecified atom stereocenters. The fourth-order valence-electron chi connectivity index (χ4n) is 2.32. The lowest BCUT2D eigenvalue weighted by atomic mass is 10.1. The molecule has 0 amide bonds. The first-order chi connectivity index (χ1) is 8.31. The van der Waals surface area contributed by atoms with E-state index in [1.165, 1.54) is 25.7 Å². The maximum atomic E-state index is 6.00. The first-order valence-electron chi connectivity index (χ1n) is 6.39. The first-order valence-corrected chi connectivity index (χ1v) is 6.39. The molecule has 1 fully saturated rings. The smallest absolute Gasteiger partial charge is 0.243 e. The van der Waals surface area contributed by atoms with Gasteiger partial charge in [0, 0.05) is 19.6 Å². The zero-order valence-electron chi connectivity index (χ0n) is 10.4. The monoisotopic (exact) mass is 239 g/mol. The van der Waals surface area contributed by atoms with Crippen molar-refractivity contribution in [1.29, 1.82) is 0 Å². The second-order valence-corrected chi connectivity index (χ2v) is 4.71. The highest BCUT2D eigenvalue weighted by molar-refractivity contribution is 4.99. The minimum Gasteiger partial charge on any atom is -0.385 e. The molecule has 2 N–H and O–H groups in total. The summed E-state index contributed by atoms with van der Waals surface area (Å²) in [6, 6.07) is -0.159. The zero-order valence-corrected chi connectivity index (χ0v) is 10.4. The van der Waals surface area contributed by atoms with Crippen LogP contribution in [0, 0.1) is 0 Å². The standard InChI is InChI=1S/C12H21N3O2/c1-16-8-4-7-10(13)12-14-11(15-17-12)9-5-2-3-6-9/h9-10H,2-8,13H2,1H3. The minimum atomic E-state index is -0.159.